The van der Waals surface area contributed by atoms with Gasteiger partial charge in [-0.25, -0.2) is 0 Å². The van der Waals surface area contributed by atoms with Gasteiger partial charge in [0.1, 0.15) is 5.75 Å². The van der Waals surface area contributed by atoms with Gasteiger partial charge in [-0.1, -0.05) is 31.1 Å². The first-order valence-electron chi connectivity index (χ1n) is 9.12. The number of aryl methyl sites for hydroxylation is 1. The first-order chi connectivity index (χ1) is 12.4. The molecule has 0 amide bonds. The number of anilines is 1. The molecule has 0 saturated heterocycles. The van der Waals surface area contributed by atoms with Crippen molar-refractivity contribution >= 4 is 11.7 Å². The van der Waals surface area contributed by atoms with Crippen LogP contribution in [0.25, 0.3) is 0 Å². The van der Waals surface area contributed by atoms with Crippen molar-refractivity contribution in [2.75, 3.05) is 11.9 Å². The van der Waals surface area contributed by atoms with Crippen LogP contribution in [0.15, 0.2) is 40.1 Å². The Morgan fingerprint density at radius 2 is 2.00 bits per heavy atom. The number of aromatic nitrogens is 1. The van der Waals surface area contributed by atoms with Crippen molar-refractivity contribution in [3.8, 4) is 5.75 Å². The van der Waals surface area contributed by atoms with Gasteiger partial charge in [0.05, 0.1) is 17.9 Å². The normalized spacial score (nSPS) is 21.1. The molecule has 5 heteroatoms. The highest BCUT2D eigenvalue weighted by molar-refractivity contribution is 6.01. The second-order valence-electron chi connectivity index (χ2n) is 7.90. The summed E-state index contributed by atoms with van der Waals surface area (Å²) in [5.41, 5.74) is 4.60. The third-order valence-electron chi connectivity index (χ3n) is 5.19. The lowest BCUT2D eigenvalue weighted by atomic mass is 9.69. The van der Waals surface area contributed by atoms with Gasteiger partial charge in [0, 0.05) is 23.6 Å². The molecule has 136 valence electrons. The van der Waals surface area contributed by atoms with Crippen molar-refractivity contribution in [1.82, 2.24) is 5.16 Å². The monoisotopic (exact) mass is 352 g/mol. The summed E-state index contributed by atoms with van der Waals surface area (Å²) in [5.74, 6) is 1.55. The fraction of sp³-hybridized carbons (Fsp3) is 0.429. The molecule has 1 N–H and O–H groups in total. The number of carbonyl (C=O) groups excluding carboxylic acids is 1. The van der Waals surface area contributed by atoms with E-state index in [-0.39, 0.29) is 17.1 Å². The number of allylic oxidation sites excluding steroid dienone is 2. The Hall–Kier alpha value is -2.56. The zero-order valence-electron chi connectivity index (χ0n) is 15.7. The Balaban J connectivity index is 1.85. The van der Waals surface area contributed by atoms with Crippen LogP contribution < -0.4 is 10.1 Å². The van der Waals surface area contributed by atoms with E-state index in [0.717, 1.165) is 40.3 Å². The van der Waals surface area contributed by atoms with Crippen LogP contribution in [0.2, 0.25) is 0 Å². The van der Waals surface area contributed by atoms with Crippen LogP contribution in [0.3, 0.4) is 0 Å². The van der Waals surface area contributed by atoms with Gasteiger partial charge in [-0.3, -0.25) is 4.79 Å². The highest BCUT2D eigenvalue weighted by Crippen LogP contribution is 2.49. The van der Waals surface area contributed by atoms with E-state index in [4.69, 9.17) is 9.26 Å². The predicted octanol–water partition coefficient (Wildman–Crippen LogP) is 4.58. The molecule has 0 bridgehead atoms. The van der Waals surface area contributed by atoms with Crippen LogP contribution in [0.1, 0.15) is 56.4 Å². The maximum absolute atomic E-state index is 13.1. The van der Waals surface area contributed by atoms with Crippen LogP contribution in [-0.2, 0) is 4.79 Å². The minimum absolute atomic E-state index is 0.0567. The summed E-state index contributed by atoms with van der Waals surface area (Å²) in [6.07, 6.45) is 1.38. The zero-order chi connectivity index (χ0) is 18.5. The number of Topliss-reactive ketones (excluding diaryl/α,β-unsaturated/α-hetero) is 1. The number of fused-ring (bicyclic) bond motifs is 1. The third-order valence-corrected chi connectivity index (χ3v) is 5.19. The van der Waals surface area contributed by atoms with Gasteiger partial charge in [-0.15, -0.1) is 0 Å². The summed E-state index contributed by atoms with van der Waals surface area (Å²) in [5, 5.41) is 7.48. The molecule has 0 fully saturated rings. The Bertz CT molecular complexity index is 890. The molecule has 5 nitrogen and oxygen atoms in total. The van der Waals surface area contributed by atoms with Gasteiger partial charge in [0.2, 0.25) is 5.88 Å². The van der Waals surface area contributed by atoms with Crippen molar-refractivity contribution in [2.24, 2.45) is 5.41 Å². The quantitative estimate of drug-likeness (QED) is 0.876. The van der Waals surface area contributed by atoms with Crippen LogP contribution >= 0.6 is 0 Å². The van der Waals surface area contributed by atoms with E-state index >= 15 is 0 Å². The highest BCUT2D eigenvalue weighted by Gasteiger charge is 2.42. The van der Waals surface area contributed by atoms with Crippen LogP contribution in [0.4, 0.5) is 5.88 Å². The molecule has 2 aliphatic rings. The molecule has 26 heavy (non-hydrogen) atoms. The lowest BCUT2D eigenvalue weighted by molar-refractivity contribution is -0.118. The molecule has 1 aromatic heterocycles. The first-order valence-corrected chi connectivity index (χ1v) is 9.12. The molecular weight excluding hydrogens is 328 g/mol. The number of carbonyl (C=O) groups is 1. The first kappa shape index (κ1) is 16.9. The van der Waals surface area contributed by atoms with Crippen LogP contribution in [0, 0.1) is 12.3 Å². The third kappa shape index (κ3) is 2.71. The lowest BCUT2D eigenvalue weighted by Crippen LogP contribution is -2.33. The van der Waals surface area contributed by atoms with E-state index in [1.165, 1.54) is 0 Å². The second kappa shape index (κ2) is 6.01. The number of hydrogen-bond acceptors (Lipinski definition) is 5. The number of nitrogens with zero attached hydrogens (tertiary/aromatic N) is 1. The van der Waals surface area contributed by atoms with Gasteiger partial charge in [-0.05, 0) is 43.4 Å². The molecule has 0 saturated carbocycles. The summed E-state index contributed by atoms with van der Waals surface area (Å²) in [7, 11) is 0. The largest absolute Gasteiger partial charge is 0.494 e. The molecule has 4 rings (SSSR count). The van der Waals surface area contributed by atoms with E-state index in [0.29, 0.717) is 18.9 Å². The van der Waals surface area contributed by atoms with Gasteiger partial charge in [0.15, 0.2) is 5.78 Å². The van der Waals surface area contributed by atoms with Crippen molar-refractivity contribution < 1.29 is 14.1 Å². The van der Waals surface area contributed by atoms with E-state index in [2.05, 4.69) is 24.3 Å². The summed E-state index contributed by atoms with van der Waals surface area (Å²) in [6.45, 7) is 8.78. The number of ketones is 1. The fourth-order valence-electron chi connectivity index (χ4n) is 4.13. The van der Waals surface area contributed by atoms with Gasteiger partial charge < -0.3 is 14.6 Å². The lowest BCUT2D eigenvalue weighted by Gasteiger charge is -2.37. The predicted molar refractivity (Wildman–Crippen MR) is 99.4 cm³/mol. The summed E-state index contributed by atoms with van der Waals surface area (Å²) >= 11 is 0. The highest BCUT2D eigenvalue weighted by atomic mass is 16.5. The molecule has 2 heterocycles. The van der Waals surface area contributed by atoms with E-state index < -0.39 is 0 Å². The second-order valence-corrected chi connectivity index (χ2v) is 7.90. The molecule has 1 atom stereocenters. The van der Waals surface area contributed by atoms with Crippen molar-refractivity contribution in [3.63, 3.8) is 0 Å². The van der Waals surface area contributed by atoms with Gasteiger partial charge in [-0.2, -0.15) is 0 Å². The minimum atomic E-state index is -0.147. The number of rotatable bonds is 3. The molecule has 0 spiro atoms. The standard InChI is InChI=1S/C21H24N2O3/c1-5-25-14-8-6-13(7-9-14)18-17-12(2)23-26-20(17)22-15-10-21(3,4)11-16(24)19(15)18/h6-9,18,22H,5,10-11H2,1-4H3/t18-/m1/s1. The number of benzene rings is 1. The van der Waals surface area contributed by atoms with Crippen molar-refractivity contribution in [2.45, 2.75) is 46.5 Å². The Kier molecular flexibility index (Phi) is 3.90. The van der Waals surface area contributed by atoms with E-state index in [1.54, 1.807) is 0 Å². The van der Waals surface area contributed by atoms with Gasteiger partial charge >= 0.3 is 0 Å². The Morgan fingerprint density at radius 1 is 1.27 bits per heavy atom. The fourth-order valence-corrected chi connectivity index (χ4v) is 4.13. The zero-order valence-corrected chi connectivity index (χ0v) is 15.7. The summed E-state index contributed by atoms with van der Waals surface area (Å²) in [4.78, 5) is 13.1. The molecule has 0 unspecified atom stereocenters. The Labute approximate surface area is 153 Å². The average Bonchev–Trinajstić information content (AvgIpc) is 2.94. The Morgan fingerprint density at radius 3 is 2.69 bits per heavy atom. The van der Waals surface area contributed by atoms with E-state index in [9.17, 15) is 4.79 Å². The van der Waals surface area contributed by atoms with Crippen LogP contribution in [-0.4, -0.2) is 17.5 Å². The molecule has 0 radical (unpaired) electrons. The molecular formula is C21H24N2O3. The average molecular weight is 352 g/mol. The smallest absolute Gasteiger partial charge is 0.233 e. The number of ether oxygens (including phenoxy) is 1. The summed E-state index contributed by atoms with van der Waals surface area (Å²) in [6, 6.07) is 7.99. The molecule has 1 aromatic carbocycles. The number of hydrogen-bond donors (Lipinski definition) is 1. The summed E-state index contributed by atoms with van der Waals surface area (Å²) < 4.78 is 11.1. The SMILES string of the molecule is CCOc1ccc([C@H]2C3=C(CC(C)(C)CC3=O)Nc3onc(C)c32)cc1. The van der Waals surface area contributed by atoms with Crippen molar-refractivity contribution in [3.05, 3.63) is 52.4 Å². The van der Waals surface area contributed by atoms with E-state index in [1.807, 2.05) is 38.1 Å². The van der Waals surface area contributed by atoms with Crippen molar-refractivity contribution in [1.29, 1.82) is 0 Å². The molecule has 2 aromatic rings. The topological polar surface area (TPSA) is 64.4 Å². The number of nitrogens with one attached hydrogen (secondary N) is 1. The molecule has 1 aliphatic heterocycles. The maximum Gasteiger partial charge on any atom is 0.233 e. The van der Waals surface area contributed by atoms with Gasteiger partial charge in [0.25, 0.3) is 0 Å². The molecule has 1 aliphatic carbocycles. The van der Waals surface area contributed by atoms with Crippen LogP contribution in [0.5, 0.6) is 5.75 Å². The minimum Gasteiger partial charge on any atom is -0.494 e. The maximum atomic E-state index is 13.1.